The highest BCUT2D eigenvalue weighted by molar-refractivity contribution is 5.90. The Bertz CT molecular complexity index is 564. The van der Waals surface area contributed by atoms with E-state index >= 15 is 0 Å². The minimum Gasteiger partial charge on any atom is -0.490 e. The lowest BCUT2D eigenvalue weighted by molar-refractivity contribution is -0.142. The first-order chi connectivity index (χ1) is 12.5. The third-order valence-electron chi connectivity index (χ3n) is 3.09. The molecule has 2 N–H and O–H groups in total. The number of nitrogens with one attached hydrogen (secondary N) is 2. The summed E-state index contributed by atoms with van der Waals surface area (Å²) < 4.78 is 21.6. The zero-order valence-electron chi connectivity index (χ0n) is 15.8. The molecule has 1 aromatic carbocycles. The molecule has 0 bridgehead atoms. The molecule has 0 spiro atoms. The van der Waals surface area contributed by atoms with Gasteiger partial charge in [-0.1, -0.05) is 0 Å². The predicted molar refractivity (Wildman–Crippen MR) is 98.2 cm³/mol. The maximum atomic E-state index is 12.0. The number of carbonyl (C=O) groups excluding carboxylic acids is 2. The molecule has 0 radical (unpaired) electrons. The van der Waals surface area contributed by atoms with Gasteiger partial charge in [0.1, 0.15) is 0 Å². The molecule has 0 aliphatic carbocycles. The maximum absolute atomic E-state index is 12.0. The summed E-state index contributed by atoms with van der Waals surface area (Å²) in [5.74, 6) is 1.12. The van der Waals surface area contributed by atoms with E-state index in [2.05, 4.69) is 10.6 Å². The zero-order valence-corrected chi connectivity index (χ0v) is 15.8. The minimum absolute atomic E-state index is 0.110. The van der Waals surface area contributed by atoms with Gasteiger partial charge in [0.05, 0.1) is 38.5 Å². The van der Waals surface area contributed by atoms with Crippen molar-refractivity contribution in [2.24, 2.45) is 0 Å². The van der Waals surface area contributed by atoms with Crippen LogP contribution in [0.15, 0.2) is 12.1 Å². The summed E-state index contributed by atoms with van der Waals surface area (Å²) in [5, 5.41) is 5.30. The van der Waals surface area contributed by atoms with Crippen LogP contribution in [0.1, 0.15) is 34.1 Å². The highest BCUT2D eigenvalue weighted by Gasteiger charge is 2.16. The molecule has 0 unspecified atom stereocenters. The first kappa shape index (κ1) is 21.4. The number of urea groups is 1. The summed E-state index contributed by atoms with van der Waals surface area (Å²) in [6, 6.07) is 2.90. The number of carbonyl (C=O) groups is 2. The van der Waals surface area contributed by atoms with E-state index in [9.17, 15) is 9.59 Å². The van der Waals surface area contributed by atoms with E-state index < -0.39 is 6.03 Å². The van der Waals surface area contributed by atoms with E-state index in [1.807, 2.05) is 20.8 Å². The van der Waals surface area contributed by atoms with Crippen LogP contribution >= 0.6 is 0 Å². The molecule has 0 aromatic heterocycles. The van der Waals surface area contributed by atoms with Crippen LogP contribution in [0.25, 0.3) is 0 Å². The Labute approximate surface area is 154 Å². The second-order valence-corrected chi connectivity index (χ2v) is 5.04. The molecule has 0 heterocycles. The van der Waals surface area contributed by atoms with Crippen molar-refractivity contribution in [1.82, 2.24) is 5.32 Å². The van der Waals surface area contributed by atoms with Crippen molar-refractivity contribution < 1.29 is 28.5 Å². The Kier molecular flexibility index (Phi) is 9.74. The molecule has 26 heavy (non-hydrogen) atoms. The van der Waals surface area contributed by atoms with Gasteiger partial charge in [0.25, 0.3) is 0 Å². The van der Waals surface area contributed by atoms with E-state index in [0.29, 0.717) is 49.4 Å². The highest BCUT2D eigenvalue weighted by atomic mass is 16.5. The van der Waals surface area contributed by atoms with E-state index in [0.717, 1.165) is 0 Å². The third kappa shape index (κ3) is 7.08. The summed E-state index contributed by atoms with van der Waals surface area (Å²) in [7, 11) is 0. The fourth-order valence-corrected chi connectivity index (χ4v) is 2.15. The van der Waals surface area contributed by atoms with Gasteiger partial charge in [-0.2, -0.15) is 0 Å². The number of esters is 1. The smallest absolute Gasteiger partial charge is 0.319 e. The summed E-state index contributed by atoms with van der Waals surface area (Å²) in [6.07, 6.45) is 0.110. The summed E-state index contributed by atoms with van der Waals surface area (Å²) in [5.41, 5.74) is 0.494. The first-order valence-electron chi connectivity index (χ1n) is 8.82. The Hall–Kier alpha value is -2.64. The van der Waals surface area contributed by atoms with Gasteiger partial charge < -0.3 is 29.6 Å². The fourth-order valence-electron chi connectivity index (χ4n) is 2.15. The van der Waals surface area contributed by atoms with Crippen LogP contribution in [0, 0.1) is 0 Å². The fraction of sp³-hybridized carbons (Fsp3) is 0.556. The van der Waals surface area contributed by atoms with Gasteiger partial charge in [-0.25, -0.2) is 4.79 Å². The molecule has 0 aliphatic rings. The Morgan fingerprint density at radius 3 is 1.96 bits per heavy atom. The molecule has 146 valence electrons. The van der Waals surface area contributed by atoms with E-state index in [1.54, 1.807) is 19.1 Å². The number of hydrogen-bond acceptors (Lipinski definition) is 6. The number of anilines is 1. The second kappa shape index (κ2) is 11.8. The Morgan fingerprint density at radius 2 is 1.46 bits per heavy atom. The Morgan fingerprint density at radius 1 is 0.885 bits per heavy atom. The van der Waals surface area contributed by atoms with Gasteiger partial charge in [-0.05, 0) is 27.7 Å². The van der Waals surface area contributed by atoms with Crippen LogP contribution in [0.3, 0.4) is 0 Å². The van der Waals surface area contributed by atoms with Crippen LogP contribution in [-0.4, -0.2) is 45.0 Å². The topological polar surface area (TPSA) is 95.1 Å². The lowest BCUT2D eigenvalue weighted by Crippen LogP contribution is -2.30. The quantitative estimate of drug-likeness (QED) is 0.583. The van der Waals surface area contributed by atoms with Crippen molar-refractivity contribution in [1.29, 1.82) is 0 Å². The molecule has 0 fully saturated rings. The third-order valence-corrected chi connectivity index (χ3v) is 3.09. The normalized spacial score (nSPS) is 10.0. The maximum Gasteiger partial charge on any atom is 0.319 e. The standard InChI is InChI=1S/C18H28N2O6/c1-5-23-14-11-13(12-15(24-6-2)17(14)26-8-4)20-18(22)19-10-9-16(21)25-7-3/h11-12H,5-10H2,1-4H3,(H2,19,20,22). The SMILES string of the molecule is CCOC(=O)CCNC(=O)Nc1cc(OCC)c(OCC)c(OCC)c1. The molecule has 8 heteroatoms. The lowest BCUT2D eigenvalue weighted by atomic mass is 10.2. The zero-order chi connectivity index (χ0) is 19.4. The summed E-state index contributed by atoms with van der Waals surface area (Å²) >= 11 is 0. The molecular weight excluding hydrogens is 340 g/mol. The van der Waals surface area contributed by atoms with Crippen LogP contribution in [0.4, 0.5) is 10.5 Å². The van der Waals surface area contributed by atoms with Crippen LogP contribution in [-0.2, 0) is 9.53 Å². The van der Waals surface area contributed by atoms with Crippen molar-refractivity contribution in [3.05, 3.63) is 12.1 Å². The number of hydrogen-bond donors (Lipinski definition) is 2. The number of rotatable bonds is 11. The number of amides is 2. The van der Waals surface area contributed by atoms with Gasteiger partial charge >= 0.3 is 12.0 Å². The van der Waals surface area contributed by atoms with Crippen LogP contribution in [0.2, 0.25) is 0 Å². The predicted octanol–water partition coefficient (Wildman–Crippen LogP) is 2.96. The van der Waals surface area contributed by atoms with E-state index in [-0.39, 0.29) is 18.9 Å². The van der Waals surface area contributed by atoms with E-state index in [4.69, 9.17) is 18.9 Å². The van der Waals surface area contributed by atoms with Gasteiger partial charge in [-0.3, -0.25) is 4.79 Å². The van der Waals surface area contributed by atoms with Crippen LogP contribution < -0.4 is 24.8 Å². The molecule has 1 rings (SSSR count). The van der Waals surface area contributed by atoms with Crippen molar-refractivity contribution in [2.45, 2.75) is 34.1 Å². The monoisotopic (exact) mass is 368 g/mol. The highest BCUT2D eigenvalue weighted by Crippen LogP contribution is 2.40. The average Bonchev–Trinajstić information content (AvgIpc) is 2.58. The molecule has 0 saturated carbocycles. The van der Waals surface area contributed by atoms with Crippen molar-refractivity contribution in [3.63, 3.8) is 0 Å². The van der Waals surface area contributed by atoms with Gasteiger partial charge in [0, 0.05) is 18.7 Å². The van der Waals surface area contributed by atoms with Crippen molar-refractivity contribution >= 4 is 17.7 Å². The molecule has 8 nitrogen and oxygen atoms in total. The largest absolute Gasteiger partial charge is 0.490 e. The summed E-state index contributed by atoms with van der Waals surface area (Å²) in [6.45, 7) is 9.17. The molecule has 0 atom stereocenters. The van der Waals surface area contributed by atoms with Crippen LogP contribution in [0.5, 0.6) is 17.2 Å². The molecule has 2 amide bonds. The van der Waals surface area contributed by atoms with Crippen molar-refractivity contribution in [2.75, 3.05) is 38.3 Å². The van der Waals surface area contributed by atoms with E-state index in [1.165, 1.54) is 0 Å². The summed E-state index contributed by atoms with van der Waals surface area (Å²) in [4.78, 5) is 23.3. The second-order valence-electron chi connectivity index (χ2n) is 5.04. The van der Waals surface area contributed by atoms with Gasteiger partial charge in [0.2, 0.25) is 5.75 Å². The minimum atomic E-state index is -0.441. The molecule has 0 saturated heterocycles. The van der Waals surface area contributed by atoms with Gasteiger partial charge in [0.15, 0.2) is 11.5 Å². The number of benzene rings is 1. The average molecular weight is 368 g/mol. The molecule has 1 aromatic rings. The van der Waals surface area contributed by atoms with Gasteiger partial charge in [-0.15, -0.1) is 0 Å². The molecule has 0 aliphatic heterocycles. The lowest BCUT2D eigenvalue weighted by Gasteiger charge is -2.17. The first-order valence-corrected chi connectivity index (χ1v) is 8.82. The van der Waals surface area contributed by atoms with Crippen molar-refractivity contribution in [3.8, 4) is 17.2 Å². The Balaban J connectivity index is 2.81. The molecular formula is C18H28N2O6. The number of ether oxygens (including phenoxy) is 4.